The van der Waals surface area contributed by atoms with Gasteiger partial charge in [0.1, 0.15) is 6.10 Å². The smallest absolute Gasteiger partial charge is 0.343 e. The largest absolute Gasteiger partial charge is 0.464 e. The molecule has 0 heterocycles. The molecule has 15 heavy (non-hydrogen) atoms. The Morgan fingerprint density at radius 2 is 2.07 bits per heavy atom. The minimum absolute atomic E-state index is 0.0980. The molecule has 3 nitrogen and oxygen atoms in total. The lowest BCUT2D eigenvalue weighted by molar-refractivity contribution is -0.153. The lowest BCUT2D eigenvalue weighted by Crippen LogP contribution is -2.25. The van der Waals surface area contributed by atoms with Crippen molar-refractivity contribution in [3.63, 3.8) is 0 Å². The van der Waals surface area contributed by atoms with Gasteiger partial charge in [-0.3, -0.25) is 0 Å². The number of carbonyl (C=O) groups excluding carboxylic acids is 1. The lowest BCUT2D eigenvalue weighted by Gasteiger charge is -2.14. The SMILES string of the molecule is CCOC(=O)C(F)C(O)c1ccccc1. The van der Waals surface area contributed by atoms with Crippen molar-refractivity contribution < 1.29 is 19.0 Å². The number of esters is 1. The van der Waals surface area contributed by atoms with Crippen molar-refractivity contribution in [1.82, 2.24) is 0 Å². The van der Waals surface area contributed by atoms with Crippen LogP contribution in [-0.4, -0.2) is 23.9 Å². The molecule has 4 heteroatoms. The number of carbonyl (C=O) groups is 1. The van der Waals surface area contributed by atoms with E-state index in [0.29, 0.717) is 5.56 Å². The second-order valence-corrected chi connectivity index (χ2v) is 3.01. The van der Waals surface area contributed by atoms with Gasteiger partial charge >= 0.3 is 5.97 Å². The van der Waals surface area contributed by atoms with Gasteiger partial charge in [0.2, 0.25) is 6.17 Å². The summed E-state index contributed by atoms with van der Waals surface area (Å²) < 4.78 is 17.8. The van der Waals surface area contributed by atoms with Gasteiger partial charge in [-0.1, -0.05) is 30.3 Å². The molecule has 0 fully saturated rings. The summed E-state index contributed by atoms with van der Waals surface area (Å²) in [6.45, 7) is 1.68. The van der Waals surface area contributed by atoms with Gasteiger partial charge in [0.25, 0.3) is 0 Å². The van der Waals surface area contributed by atoms with Gasteiger partial charge in [0.05, 0.1) is 6.61 Å². The first-order valence-corrected chi connectivity index (χ1v) is 4.70. The van der Waals surface area contributed by atoms with Gasteiger partial charge in [-0.15, -0.1) is 0 Å². The van der Waals surface area contributed by atoms with E-state index in [1.165, 1.54) is 0 Å². The predicted octanol–water partition coefficient (Wildman–Crippen LogP) is 1.62. The van der Waals surface area contributed by atoms with E-state index in [-0.39, 0.29) is 6.61 Å². The third kappa shape index (κ3) is 3.02. The zero-order valence-electron chi connectivity index (χ0n) is 8.39. The van der Waals surface area contributed by atoms with E-state index < -0.39 is 18.2 Å². The molecule has 1 aromatic carbocycles. The fraction of sp³-hybridized carbons (Fsp3) is 0.364. The molecule has 1 N–H and O–H groups in total. The Morgan fingerprint density at radius 3 is 2.60 bits per heavy atom. The summed E-state index contributed by atoms with van der Waals surface area (Å²) in [5.74, 6) is -1.03. The number of alkyl halides is 1. The van der Waals surface area contributed by atoms with Crippen LogP contribution in [0.25, 0.3) is 0 Å². The van der Waals surface area contributed by atoms with Gasteiger partial charge in [0.15, 0.2) is 0 Å². The van der Waals surface area contributed by atoms with Crippen LogP contribution in [0.3, 0.4) is 0 Å². The van der Waals surface area contributed by atoms with Crippen molar-refractivity contribution >= 4 is 5.97 Å². The molecule has 0 aliphatic carbocycles. The van der Waals surface area contributed by atoms with Crippen LogP contribution >= 0.6 is 0 Å². The molecule has 0 aliphatic heterocycles. The van der Waals surface area contributed by atoms with Crippen molar-refractivity contribution in [1.29, 1.82) is 0 Å². The maximum absolute atomic E-state index is 13.3. The highest BCUT2D eigenvalue weighted by atomic mass is 19.1. The third-order valence-corrected chi connectivity index (χ3v) is 1.93. The van der Waals surface area contributed by atoms with E-state index in [1.807, 2.05) is 0 Å². The quantitative estimate of drug-likeness (QED) is 0.771. The molecule has 0 aliphatic rings. The molecule has 0 spiro atoms. The monoisotopic (exact) mass is 212 g/mol. The number of halogens is 1. The Morgan fingerprint density at radius 1 is 1.47 bits per heavy atom. The fourth-order valence-corrected chi connectivity index (χ4v) is 1.17. The number of rotatable bonds is 4. The first kappa shape index (κ1) is 11.7. The summed E-state index contributed by atoms with van der Waals surface area (Å²) in [5.41, 5.74) is 0.359. The van der Waals surface area contributed by atoms with Crippen LogP contribution in [0, 0.1) is 0 Å². The number of aliphatic hydroxyl groups is 1. The number of hydrogen-bond donors (Lipinski definition) is 1. The summed E-state index contributed by atoms with van der Waals surface area (Å²) in [4.78, 5) is 11.0. The predicted molar refractivity (Wildman–Crippen MR) is 52.9 cm³/mol. The average Bonchev–Trinajstić information content (AvgIpc) is 2.28. The van der Waals surface area contributed by atoms with Crippen LogP contribution in [0.2, 0.25) is 0 Å². The number of aliphatic hydroxyl groups excluding tert-OH is 1. The van der Waals surface area contributed by atoms with Crippen LogP contribution < -0.4 is 0 Å². The van der Waals surface area contributed by atoms with E-state index >= 15 is 0 Å². The standard InChI is InChI=1S/C11H13FO3/c1-2-15-11(14)9(12)10(13)8-6-4-3-5-7-8/h3-7,9-10,13H,2H2,1H3. The fourth-order valence-electron chi connectivity index (χ4n) is 1.17. The molecule has 82 valence electrons. The maximum atomic E-state index is 13.3. The number of benzene rings is 1. The van der Waals surface area contributed by atoms with Crippen molar-refractivity contribution in [3.8, 4) is 0 Å². The molecule has 0 saturated heterocycles. The first-order valence-electron chi connectivity index (χ1n) is 4.70. The maximum Gasteiger partial charge on any atom is 0.343 e. The zero-order chi connectivity index (χ0) is 11.3. The van der Waals surface area contributed by atoms with Gasteiger partial charge in [-0.05, 0) is 12.5 Å². The first-order chi connectivity index (χ1) is 7.16. The summed E-state index contributed by atoms with van der Waals surface area (Å²) in [6.07, 6.45) is -3.50. The normalized spacial score (nSPS) is 14.3. The minimum Gasteiger partial charge on any atom is -0.464 e. The Hall–Kier alpha value is -1.42. The van der Waals surface area contributed by atoms with Gasteiger partial charge in [-0.2, -0.15) is 0 Å². The van der Waals surface area contributed by atoms with Gasteiger partial charge in [0, 0.05) is 0 Å². The van der Waals surface area contributed by atoms with Crippen LogP contribution in [0.1, 0.15) is 18.6 Å². The minimum atomic E-state index is -2.03. The van der Waals surface area contributed by atoms with Crippen LogP contribution in [0.15, 0.2) is 30.3 Å². The van der Waals surface area contributed by atoms with Crippen molar-refractivity contribution in [3.05, 3.63) is 35.9 Å². The van der Waals surface area contributed by atoms with E-state index in [2.05, 4.69) is 4.74 Å². The average molecular weight is 212 g/mol. The second kappa shape index (κ2) is 5.46. The highest BCUT2D eigenvalue weighted by molar-refractivity contribution is 5.75. The highest BCUT2D eigenvalue weighted by Crippen LogP contribution is 2.19. The van der Waals surface area contributed by atoms with Crippen molar-refractivity contribution in [2.75, 3.05) is 6.61 Å². The molecular weight excluding hydrogens is 199 g/mol. The molecule has 1 rings (SSSR count). The molecule has 2 atom stereocenters. The summed E-state index contributed by atoms with van der Waals surface area (Å²) in [7, 11) is 0. The highest BCUT2D eigenvalue weighted by Gasteiger charge is 2.28. The summed E-state index contributed by atoms with van der Waals surface area (Å²) in [5, 5.41) is 9.51. The number of ether oxygens (including phenoxy) is 1. The summed E-state index contributed by atoms with van der Waals surface area (Å²) in [6, 6.07) is 8.17. The molecule has 0 saturated carbocycles. The van der Waals surface area contributed by atoms with Crippen LogP contribution in [-0.2, 0) is 9.53 Å². The number of hydrogen-bond acceptors (Lipinski definition) is 3. The molecule has 0 amide bonds. The van der Waals surface area contributed by atoms with E-state index in [0.717, 1.165) is 0 Å². The van der Waals surface area contributed by atoms with E-state index in [1.54, 1.807) is 37.3 Å². The van der Waals surface area contributed by atoms with Gasteiger partial charge < -0.3 is 9.84 Å². The molecule has 2 unspecified atom stereocenters. The van der Waals surface area contributed by atoms with Gasteiger partial charge in [-0.25, -0.2) is 9.18 Å². The lowest BCUT2D eigenvalue weighted by atomic mass is 10.1. The summed E-state index contributed by atoms with van der Waals surface area (Å²) >= 11 is 0. The van der Waals surface area contributed by atoms with Crippen molar-refractivity contribution in [2.45, 2.75) is 19.2 Å². The molecular formula is C11H13FO3. The van der Waals surface area contributed by atoms with Crippen molar-refractivity contribution in [2.24, 2.45) is 0 Å². The Labute approximate surface area is 87.5 Å². The Kier molecular flexibility index (Phi) is 4.24. The molecule has 0 radical (unpaired) electrons. The molecule has 0 aromatic heterocycles. The molecule has 0 bridgehead atoms. The van der Waals surface area contributed by atoms with E-state index in [9.17, 15) is 14.3 Å². The zero-order valence-corrected chi connectivity index (χ0v) is 8.39. The molecule has 1 aromatic rings. The van der Waals surface area contributed by atoms with Crippen LogP contribution in [0.5, 0.6) is 0 Å². The Bertz CT molecular complexity index is 313. The van der Waals surface area contributed by atoms with Crippen LogP contribution in [0.4, 0.5) is 4.39 Å². The third-order valence-electron chi connectivity index (χ3n) is 1.93. The topological polar surface area (TPSA) is 46.5 Å². The Balaban J connectivity index is 2.68. The second-order valence-electron chi connectivity index (χ2n) is 3.01. The van der Waals surface area contributed by atoms with E-state index in [4.69, 9.17) is 0 Å².